The van der Waals surface area contributed by atoms with Gasteiger partial charge in [-0.2, -0.15) is 0 Å². The molecule has 0 aliphatic heterocycles. The van der Waals surface area contributed by atoms with Crippen molar-refractivity contribution < 1.29 is 0 Å². The SMILES string of the molecule is CC/C=C/C(C)=C\N(C)C. The minimum Gasteiger partial charge on any atom is -0.383 e. The molecular weight excluding hydrogens is 122 g/mol. The second-order valence-electron chi connectivity index (χ2n) is 2.65. The fourth-order valence-electron chi connectivity index (χ4n) is 0.754. The molecule has 58 valence electrons. The van der Waals surface area contributed by atoms with Gasteiger partial charge in [-0.05, 0) is 18.9 Å². The molecule has 0 aliphatic carbocycles. The molecule has 0 aromatic carbocycles. The van der Waals surface area contributed by atoms with Crippen molar-refractivity contribution in [1.29, 1.82) is 0 Å². The molecule has 0 aliphatic rings. The molecule has 0 fully saturated rings. The Kier molecular flexibility index (Phi) is 4.73. The lowest BCUT2D eigenvalue weighted by Crippen LogP contribution is -2.01. The lowest BCUT2D eigenvalue weighted by atomic mass is 10.3. The Balaban J connectivity index is 3.82. The maximum Gasteiger partial charge on any atom is 0.00557 e. The fraction of sp³-hybridized carbons (Fsp3) is 0.556. The highest BCUT2D eigenvalue weighted by molar-refractivity contribution is 5.14. The summed E-state index contributed by atoms with van der Waals surface area (Å²) in [6.07, 6.45) is 7.51. The summed E-state index contributed by atoms with van der Waals surface area (Å²) < 4.78 is 0. The van der Waals surface area contributed by atoms with Crippen LogP contribution in [0.4, 0.5) is 0 Å². The van der Waals surface area contributed by atoms with Crippen LogP contribution in [0.25, 0.3) is 0 Å². The Bertz CT molecular complexity index is 132. The first-order valence-corrected chi connectivity index (χ1v) is 3.68. The molecule has 0 saturated carbocycles. The fourth-order valence-corrected chi connectivity index (χ4v) is 0.754. The highest BCUT2D eigenvalue weighted by Gasteiger charge is 1.80. The van der Waals surface area contributed by atoms with Crippen molar-refractivity contribution in [2.24, 2.45) is 0 Å². The predicted octanol–water partition coefficient (Wildman–Crippen LogP) is 2.42. The van der Waals surface area contributed by atoms with Gasteiger partial charge in [-0.1, -0.05) is 19.1 Å². The van der Waals surface area contributed by atoms with E-state index in [1.807, 2.05) is 14.1 Å². The summed E-state index contributed by atoms with van der Waals surface area (Å²) >= 11 is 0. The van der Waals surface area contributed by atoms with Crippen LogP contribution in [0.2, 0.25) is 0 Å². The van der Waals surface area contributed by atoms with Gasteiger partial charge in [-0.25, -0.2) is 0 Å². The van der Waals surface area contributed by atoms with E-state index in [0.717, 1.165) is 6.42 Å². The molecule has 0 heterocycles. The molecule has 0 unspecified atom stereocenters. The van der Waals surface area contributed by atoms with Crippen molar-refractivity contribution in [2.75, 3.05) is 14.1 Å². The Morgan fingerprint density at radius 3 is 2.40 bits per heavy atom. The minimum atomic E-state index is 1.11. The van der Waals surface area contributed by atoms with E-state index in [2.05, 4.69) is 37.1 Å². The average molecular weight is 139 g/mol. The third-order valence-electron chi connectivity index (χ3n) is 1.08. The largest absolute Gasteiger partial charge is 0.383 e. The monoisotopic (exact) mass is 139 g/mol. The lowest BCUT2D eigenvalue weighted by Gasteiger charge is -2.04. The molecule has 1 heteroatoms. The molecule has 0 atom stereocenters. The van der Waals surface area contributed by atoms with Crippen molar-refractivity contribution in [3.8, 4) is 0 Å². The minimum absolute atomic E-state index is 1.11. The van der Waals surface area contributed by atoms with Crippen molar-refractivity contribution in [3.63, 3.8) is 0 Å². The summed E-state index contributed by atoms with van der Waals surface area (Å²) in [5, 5.41) is 0. The molecule has 0 aromatic heterocycles. The van der Waals surface area contributed by atoms with Crippen LogP contribution in [0.5, 0.6) is 0 Å². The molecule has 0 rings (SSSR count). The zero-order chi connectivity index (χ0) is 7.98. The topological polar surface area (TPSA) is 3.24 Å². The van der Waals surface area contributed by atoms with Crippen LogP contribution in [0.15, 0.2) is 23.9 Å². The molecule has 0 amide bonds. The van der Waals surface area contributed by atoms with E-state index in [0.29, 0.717) is 0 Å². The second-order valence-corrected chi connectivity index (χ2v) is 2.65. The van der Waals surface area contributed by atoms with Gasteiger partial charge in [0.15, 0.2) is 0 Å². The van der Waals surface area contributed by atoms with Gasteiger partial charge in [0.25, 0.3) is 0 Å². The van der Waals surface area contributed by atoms with Gasteiger partial charge in [-0.15, -0.1) is 0 Å². The number of nitrogens with zero attached hydrogens (tertiary/aromatic N) is 1. The summed E-state index contributed by atoms with van der Waals surface area (Å²) in [7, 11) is 4.06. The molecule has 1 nitrogen and oxygen atoms in total. The molecule has 0 spiro atoms. The summed E-state index contributed by atoms with van der Waals surface area (Å²) in [5.41, 5.74) is 1.30. The van der Waals surface area contributed by atoms with E-state index >= 15 is 0 Å². The molecule has 0 aromatic rings. The first-order chi connectivity index (χ1) is 4.66. The molecule has 0 saturated heterocycles. The van der Waals surface area contributed by atoms with Gasteiger partial charge in [0.2, 0.25) is 0 Å². The van der Waals surface area contributed by atoms with E-state index in [9.17, 15) is 0 Å². The average Bonchev–Trinajstić information content (AvgIpc) is 1.82. The zero-order valence-corrected chi connectivity index (χ0v) is 7.39. The molecule has 0 bridgehead atoms. The number of hydrogen-bond acceptors (Lipinski definition) is 1. The quantitative estimate of drug-likeness (QED) is 0.543. The molecular formula is C9H17N. The number of hydrogen-bond donors (Lipinski definition) is 0. The first-order valence-electron chi connectivity index (χ1n) is 3.68. The summed E-state index contributed by atoms with van der Waals surface area (Å²) in [6.45, 7) is 4.24. The van der Waals surface area contributed by atoms with E-state index in [4.69, 9.17) is 0 Å². The van der Waals surface area contributed by atoms with E-state index in [1.165, 1.54) is 5.57 Å². The van der Waals surface area contributed by atoms with Crippen molar-refractivity contribution >= 4 is 0 Å². The van der Waals surface area contributed by atoms with Crippen LogP contribution in [0.1, 0.15) is 20.3 Å². The van der Waals surface area contributed by atoms with Crippen molar-refractivity contribution in [1.82, 2.24) is 4.90 Å². The number of allylic oxidation sites excluding steroid dienone is 3. The molecule has 0 radical (unpaired) electrons. The van der Waals surface area contributed by atoms with Gasteiger partial charge in [0.05, 0.1) is 0 Å². The van der Waals surface area contributed by atoms with Crippen LogP contribution >= 0.6 is 0 Å². The van der Waals surface area contributed by atoms with Crippen LogP contribution in [0, 0.1) is 0 Å². The van der Waals surface area contributed by atoms with Gasteiger partial charge in [0, 0.05) is 20.3 Å². The first kappa shape index (κ1) is 9.28. The summed E-state index contributed by atoms with van der Waals surface area (Å²) in [6, 6.07) is 0. The predicted molar refractivity (Wildman–Crippen MR) is 46.9 cm³/mol. The Hall–Kier alpha value is -0.720. The smallest absolute Gasteiger partial charge is 0.00557 e. The highest BCUT2D eigenvalue weighted by Crippen LogP contribution is 1.96. The maximum absolute atomic E-state index is 2.16. The molecule has 10 heavy (non-hydrogen) atoms. The van der Waals surface area contributed by atoms with Gasteiger partial charge in [0.1, 0.15) is 0 Å². The van der Waals surface area contributed by atoms with E-state index in [-0.39, 0.29) is 0 Å². The number of rotatable bonds is 3. The van der Waals surface area contributed by atoms with E-state index in [1.54, 1.807) is 0 Å². The Labute approximate surface area is 64.0 Å². The van der Waals surface area contributed by atoms with Gasteiger partial charge in [-0.3, -0.25) is 0 Å². The third kappa shape index (κ3) is 5.42. The molecule has 0 N–H and O–H groups in total. The summed E-state index contributed by atoms with van der Waals surface area (Å²) in [5.74, 6) is 0. The Morgan fingerprint density at radius 2 is 2.00 bits per heavy atom. The van der Waals surface area contributed by atoms with Crippen LogP contribution in [-0.2, 0) is 0 Å². The van der Waals surface area contributed by atoms with Gasteiger partial charge < -0.3 is 4.90 Å². The highest BCUT2D eigenvalue weighted by atomic mass is 15.0. The standard InChI is InChI=1S/C9H17N/c1-5-6-7-9(2)8-10(3)4/h6-8H,5H2,1-4H3/b7-6+,9-8-. The normalized spacial score (nSPS) is 12.6. The second kappa shape index (κ2) is 5.10. The van der Waals surface area contributed by atoms with Gasteiger partial charge >= 0.3 is 0 Å². The maximum atomic E-state index is 2.16. The van der Waals surface area contributed by atoms with Crippen molar-refractivity contribution in [2.45, 2.75) is 20.3 Å². The zero-order valence-electron chi connectivity index (χ0n) is 7.39. The lowest BCUT2D eigenvalue weighted by molar-refractivity contribution is 0.560. The van der Waals surface area contributed by atoms with Crippen LogP contribution < -0.4 is 0 Å². The third-order valence-corrected chi connectivity index (χ3v) is 1.08. The van der Waals surface area contributed by atoms with E-state index < -0.39 is 0 Å². The Morgan fingerprint density at radius 1 is 1.40 bits per heavy atom. The van der Waals surface area contributed by atoms with Crippen molar-refractivity contribution in [3.05, 3.63) is 23.9 Å². The van der Waals surface area contributed by atoms with Crippen LogP contribution in [0.3, 0.4) is 0 Å². The summed E-state index contributed by atoms with van der Waals surface area (Å²) in [4.78, 5) is 2.05. The van der Waals surface area contributed by atoms with Crippen LogP contribution in [-0.4, -0.2) is 19.0 Å².